The summed E-state index contributed by atoms with van der Waals surface area (Å²) in [6.07, 6.45) is 6.09. The van der Waals surface area contributed by atoms with Gasteiger partial charge in [-0.3, -0.25) is 0 Å². The maximum atomic E-state index is 9.07. The standard InChI is InChI=1S/C6H9NO/c1-2-6(8)3-5(7)4-6/h1,5,8H,3-4,7H2. The van der Waals surface area contributed by atoms with Crippen LogP contribution in [-0.2, 0) is 0 Å². The predicted octanol–water partition coefficient (Wildman–Crippen LogP) is -0.528. The van der Waals surface area contributed by atoms with Crippen LogP contribution in [0, 0.1) is 12.3 Å². The van der Waals surface area contributed by atoms with E-state index < -0.39 is 5.60 Å². The van der Waals surface area contributed by atoms with Crippen LogP contribution in [0.25, 0.3) is 0 Å². The normalized spacial score (nSPS) is 44.9. The molecule has 0 radical (unpaired) electrons. The van der Waals surface area contributed by atoms with Gasteiger partial charge in [-0.05, 0) is 0 Å². The Balaban J connectivity index is 2.44. The molecule has 0 aromatic heterocycles. The van der Waals surface area contributed by atoms with Gasteiger partial charge in [0, 0.05) is 18.9 Å². The molecule has 1 fully saturated rings. The fourth-order valence-corrected chi connectivity index (χ4v) is 0.926. The number of terminal acetylenes is 1. The molecule has 1 saturated carbocycles. The molecule has 2 nitrogen and oxygen atoms in total. The van der Waals surface area contributed by atoms with E-state index in [1.807, 2.05) is 0 Å². The van der Waals surface area contributed by atoms with E-state index in [0.717, 1.165) is 0 Å². The Morgan fingerprint density at radius 3 is 2.38 bits per heavy atom. The Kier molecular flexibility index (Phi) is 1.04. The average Bonchev–Trinajstić information content (AvgIpc) is 1.63. The third-order valence-electron chi connectivity index (χ3n) is 1.47. The Morgan fingerprint density at radius 1 is 1.75 bits per heavy atom. The van der Waals surface area contributed by atoms with Crippen LogP contribution in [0.4, 0.5) is 0 Å². The van der Waals surface area contributed by atoms with Crippen molar-refractivity contribution >= 4 is 0 Å². The second kappa shape index (κ2) is 1.48. The zero-order chi connectivity index (χ0) is 6.20. The lowest BCUT2D eigenvalue weighted by Crippen LogP contribution is -2.50. The lowest BCUT2D eigenvalue weighted by atomic mass is 9.77. The first-order valence-corrected chi connectivity index (χ1v) is 2.62. The van der Waals surface area contributed by atoms with Crippen LogP contribution >= 0.6 is 0 Å². The van der Waals surface area contributed by atoms with Crippen molar-refractivity contribution in [3.63, 3.8) is 0 Å². The first kappa shape index (κ1) is 5.61. The highest BCUT2D eigenvalue weighted by atomic mass is 16.3. The van der Waals surface area contributed by atoms with E-state index in [-0.39, 0.29) is 6.04 Å². The highest BCUT2D eigenvalue weighted by molar-refractivity contribution is 5.15. The minimum atomic E-state index is -0.862. The molecule has 0 amide bonds. The maximum absolute atomic E-state index is 9.07. The highest BCUT2D eigenvalue weighted by Crippen LogP contribution is 2.29. The van der Waals surface area contributed by atoms with Crippen molar-refractivity contribution < 1.29 is 5.11 Å². The van der Waals surface area contributed by atoms with E-state index in [9.17, 15) is 0 Å². The second-order valence-electron chi connectivity index (χ2n) is 2.34. The first-order chi connectivity index (χ1) is 3.66. The zero-order valence-corrected chi connectivity index (χ0v) is 4.59. The third kappa shape index (κ3) is 0.706. The Labute approximate surface area is 48.7 Å². The van der Waals surface area contributed by atoms with Crippen molar-refractivity contribution in [1.29, 1.82) is 0 Å². The summed E-state index contributed by atoms with van der Waals surface area (Å²) in [6, 6.07) is 0.121. The van der Waals surface area contributed by atoms with Crippen LogP contribution in [0.1, 0.15) is 12.8 Å². The van der Waals surface area contributed by atoms with Crippen LogP contribution in [-0.4, -0.2) is 16.7 Å². The smallest absolute Gasteiger partial charge is 0.128 e. The van der Waals surface area contributed by atoms with Gasteiger partial charge in [-0.1, -0.05) is 5.92 Å². The minimum Gasteiger partial charge on any atom is -0.377 e. The maximum Gasteiger partial charge on any atom is 0.128 e. The molecule has 1 aliphatic rings. The third-order valence-corrected chi connectivity index (χ3v) is 1.47. The van der Waals surface area contributed by atoms with Crippen LogP contribution in [0.2, 0.25) is 0 Å². The Bertz CT molecular complexity index is 130. The molecule has 3 N–H and O–H groups in total. The zero-order valence-electron chi connectivity index (χ0n) is 4.59. The summed E-state index contributed by atoms with van der Waals surface area (Å²) in [6.45, 7) is 0. The van der Waals surface area contributed by atoms with E-state index in [1.165, 1.54) is 0 Å². The fraction of sp³-hybridized carbons (Fsp3) is 0.667. The van der Waals surface area contributed by atoms with Crippen LogP contribution in [0.15, 0.2) is 0 Å². The molecule has 1 rings (SSSR count). The van der Waals surface area contributed by atoms with Crippen molar-refractivity contribution in [2.45, 2.75) is 24.5 Å². The lowest BCUT2D eigenvalue weighted by molar-refractivity contribution is 0.00868. The van der Waals surface area contributed by atoms with Gasteiger partial charge in [-0.2, -0.15) is 0 Å². The number of aliphatic hydroxyl groups is 1. The second-order valence-corrected chi connectivity index (χ2v) is 2.34. The predicted molar refractivity (Wildman–Crippen MR) is 31.0 cm³/mol. The summed E-state index contributed by atoms with van der Waals surface area (Å²) < 4.78 is 0. The van der Waals surface area contributed by atoms with Gasteiger partial charge in [0.25, 0.3) is 0 Å². The van der Waals surface area contributed by atoms with Crippen molar-refractivity contribution in [2.75, 3.05) is 0 Å². The highest BCUT2D eigenvalue weighted by Gasteiger charge is 2.38. The van der Waals surface area contributed by atoms with Crippen molar-refractivity contribution in [3.05, 3.63) is 0 Å². The van der Waals surface area contributed by atoms with Crippen molar-refractivity contribution in [3.8, 4) is 12.3 Å². The number of hydrogen-bond donors (Lipinski definition) is 2. The van der Waals surface area contributed by atoms with E-state index in [4.69, 9.17) is 17.3 Å². The molecule has 0 aromatic carbocycles. The Morgan fingerprint density at radius 2 is 2.25 bits per heavy atom. The molecule has 44 valence electrons. The van der Waals surface area contributed by atoms with Crippen molar-refractivity contribution in [1.82, 2.24) is 0 Å². The monoisotopic (exact) mass is 111 g/mol. The molecule has 1 aliphatic carbocycles. The molecule has 0 bridgehead atoms. The fourth-order valence-electron chi connectivity index (χ4n) is 0.926. The molecule has 0 aromatic rings. The van der Waals surface area contributed by atoms with Crippen molar-refractivity contribution in [2.24, 2.45) is 5.73 Å². The summed E-state index contributed by atoms with van der Waals surface area (Å²) in [5, 5.41) is 9.07. The molecular weight excluding hydrogens is 102 g/mol. The SMILES string of the molecule is C#CC1(O)CC(N)C1. The molecule has 2 heteroatoms. The van der Waals surface area contributed by atoms with Gasteiger partial charge in [-0.15, -0.1) is 6.42 Å². The van der Waals surface area contributed by atoms with Crippen LogP contribution < -0.4 is 5.73 Å². The van der Waals surface area contributed by atoms with E-state index in [0.29, 0.717) is 12.8 Å². The van der Waals surface area contributed by atoms with E-state index >= 15 is 0 Å². The van der Waals surface area contributed by atoms with Crippen LogP contribution in [0.5, 0.6) is 0 Å². The molecule has 0 spiro atoms. The quantitative estimate of drug-likeness (QED) is 0.413. The van der Waals surface area contributed by atoms with Gasteiger partial charge in [-0.25, -0.2) is 0 Å². The number of hydrogen-bond acceptors (Lipinski definition) is 2. The summed E-state index contributed by atoms with van der Waals surface area (Å²) in [7, 11) is 0. The van der Waals surface area contributed by atoms with E-state index in [1.54, 1.807) is 0 Å². The molecular formula is C6H9NO. The summed E-state index contributed by atoms with van der Waals surface area (Å²) in [4.78, 5) is 0. The lowest BCUT2D eigenvalue weighted by Gasteiger charge is -2.37. The van der Waals surface area contributed by atoms with E-state index in [2.05, 4.69) is 5.92 Å². The Hall–Kier alpha value is -0.520. The molecule has 0 atom stereocenters. The molecule has 0 unspecified atom stereocenters. The molecule has 8 heavy (non-hydrogen) atoms. The average molecular weight is 111 g/mol. The molecule has 0 saturated heterocycles. The van der Waals surface area contributed by atoms with Gasteiger partial charge in [0.15, 0.2) is 0 Å². The molecule has 0 aliphatic heterocycles. The largest absolute Gasteiger partial charge is 0.377 e. The number of rotatable bonds is 0. The minimum absolute atomic E-state index is 0.121. The molecule has 0 heterocycles. The summed E-state index contributed by atoms with van der Waals surface area (Å²) in [5.41, 5.74) is 4.51. The van der Waals surface area contributed by atoms with Gasteiger partial charge in [0.05, 0.1) is 0 Å². The number of nitrogens with two attached hydrogens (primary N) is 1. The first-order valence-electron chi connectivity index (χ1n) is 2.62. The summed E-state index contributed by atoms with van der Waals surface area (Å²) in [5.74, 6) is 2.28. The van der Waals surface area contributed by atoms with Gasteiger partial charge >= 0.3 is 0 Å². The van der Waals surface area contributed by atoms with Gasteiger partial charge in [0.1, 0.15) is 5.60 Å². The summed E-state index contributed by atoms with van der Waals surface area (Å²) >= 11 is 0. The van der Waals surface area contributed by atoms with Gasteiger partial charge in [0.2, 0.25) is 0 Å². The van der Waals surface area contributed by atoms with Gasteiger partial charge < -0.3 is 10.8 Å². The topological polar surface area (TPSA) is 46.2 Å². The van der Waals surface area contributed by atoms with Crippen LogP contribution in [0.3, 0.4) is 0 Å².